The van der Waals surface area contributed by atoms with Crippen LogP contribution < -0.4 is 16.1 Å². The van der Waals surface area contributed by atoms with Gasteiger partial charge in [-0.3, -0.25) is 0 Å². The zero-order valence-electron chi connectivity index (χ0n) is 12.7. The van der Waals surface area contributed by atoms with Gasteiger partial charge < -0.3 is 14.9 Å². The number of hydrogen-bond donors (Lipinski definition) is 1. The highest BCUT2D eigenvalue weighted by atomic mass is 16.5. The number of fused-ring (bicyclic) bond motifs is 1. The number of rotatable bonds is 3. The van der Waals surface area contributed by atoms with Gasteiger partial charge in [-0.05, 0) is 25.3 Å². The third-order valence-electron chi connectivity index (χ3n) is 3.94. The Labute approximate surface area is 133 Å². The van der Waals surface area contributed by atoms with E-state index in [9.17, 15) is 10.1 Å². The number of ether oxygens (including phenoxy) is 1. The first-order chi connectivity index (χ1) is 11.1. The van der Waals surface area contributed by atoms with Crippen LogP contribution in [0.5, 0.6) is 5.75 Å². The fourth-order valence-electron chi connectivity index (χ4n) is 2.86. The van der Waals surface area contributed by atoms with Crippen molar-refractivity contribution in [2.75, 3.05) is 0 Å². The van der Waals surface area contributed by atoms with E-state index in [0.717, 1.165) is 12.0 Å². The second-order valence-electron chi connectivity index (χ2n) is 5.49. The molecule has 0 unspecified atom stereocenters. The summed E-state index contributed by atoms with van der Waals surface area (Å²) in [5.41, 5.74) is 7.18. The normalized spacial score (nSPS) is 16.4. The quantitative estimate of drug-likeness (QED) is 0.941. The predicted octanol–water partition coefficient (Wildman–Crippen LogP) is 2.75. The van der Waals surface area contributed by atoms with Crippen molar-refractivity contribution in [3.05, 3.63) is 75.2 Å². The lowest BCUT2D eigenvalue weighted by Gasteiger charge is -2.24. The molecule has 0 amide bonds. The maximum atomic E-state index is 12.3. The molecule has 3 rings (SSSR count). The first-order valence-corrected chi connectivity index (χ1v) is 7.36. The van der Waals surface area contributed by atoms with Gasteiger partial charge in [-0.2, -0.15) is 5.26 Å². The minimum Gasteiger partial charge on any atom is -0.440 e. The molecule has 2 N–H and O–H groups in total. The Morgan fingerprint density at radius 1 is 1.30 bits per heavy atom. The van der Waals surface area contributed by atoms with Gasteiger partial charge in [0.15, 0.2) is 0 Å². The van der Waals surface area contributed by atoms with Crippen LogP contribution in [0.3, 0.4) is 0 Å². The molecular weight excluding hydrogens is 292 g/mol. The molecule has 0 saturated carbocycles. The molecule has 0 aliphatic carbocycles. The standard InChI is InChI=1S/C18H16N2O3/c1-11-9-15-16(18(21)22-11)13(14(10-19)17(20)23-15)8-7-12-5-3-2-4-6-12/h2-6,9,13H,7-8,20H2,1H3/t13-/m0/s1. The highest BCUT2D eigenvalue weighted by molar-refractivity contribution is 5.48. The van der Waals surface area contributed by atoms with Crippen molar-refractivity contribution < 1.29 is 9.15 Å². The van der Waals surface area contributed by atoms with Crippen molar-refractivity contribution in [1.29, 1.82) is 5.26 Å². The monoisotopic (exact) mass is 308 g/mol. The number of nitriles is 1. The molecule has 2 aromatic rings. The predicted molar refractivity (Wildman–Crippen MR) is 84.7 cm³/mol. The fourth-order valence-corrected chi connectivity index (χ4v) is 2.86. The van der Waals surface area contributed by atoms with Gasteiger partial charge in [0, 0.05) is 12.0 Å². The first kappa shape index (κ1) is 14.9. The Kier molecular flexibility index (Phi) is 3.90. The van der Waals surface area contributed by atoms with Crippen LogP contribution >= 0.6 is 0 Å². The van der Waals surface area contributed by atoms with Crippen LogP contribution in [0.1, 0.15) is 29.2 Å². The summed E-state index contributed by atoms with van der Waals surface area (Å²) in [7, 11) is 0. The molecule has 1 aromatic heterocycles. The largest absolute Gasteiger partial charge is 0.440 e. The second kappa shape index (κ2) is 6.01. The van der Waals surface area contributed by atoms with Gasteiger partial charge in [0.25, 0.3) is 0 Å². The van der Waals surface area contributed by atoms with Crippen molar-refractivity contribution in [3.63, 3.8) is 0 Å². The van der Waals surface area contributed by atoms with Crippen molar-refractivity contribution in [3.8, 4) is 11.8 Å². The molecular formula is C18H16N2O3. The van der Waals surface area contributed by atoms with Gasteiger partial charge in [-0.1, -0.05) is 30.3 Å². The topological polar surface area (TPSA) is 89.2 Å². The fraction of sp³-hybridized carbons (Fsp3) is 0.222. The van der Waals surface area contributed by atoms with Crippen LogP contribution in [0.25, 0.3) is 0 Å². The summed E-state index contributed by atoms with van der Waals surface area (Å²) in [5, 5.41) is 9.40. The minimum absolute atomic E-state index is 0.0584. The van der Waals surface area contributed by atoms with Crippen LogP contribution in [0, 0.1) is 18.3 Å². The molecule has 5 nitrogen and oxygen atoms in total. The third-order valence-corrected chi connectivity index (χ3v) is 3.94. The van der Waals surface area contributed by atoms with Crippen LogP contribution in [-0.4, -0.2) is 0 Å². The van der Waals surface area contributed by atoms with Gasteiger partial charge in [0.2, 0.25) is 5.88 Å². The minimum atomic E-state index is -0.474. The van der Waals surface area contributed by atoms with Crippen LogP contribution in [-0.2, 0) is 6.42 Å². The molecule has 1 aromatic carbocycles. The molecule has 0 bridgehead atoms. The summed E-state index contributed by atoms with van der Waals surface area (Å²) < 4.78 is 10.6. The van der Waals surface area contributed by atoms with Crippen molar-refractivity contribution in [1.82, 2.24) is 0 Å². The van der Waals surface area contributed by atoms with E-state index in [0.29, 0.717) is 23.5 Å². The summed E-state index contributed by atoms with van der Waals surface area (Å²) in [5.74, 6) is 0.473. The molecule has 0 fully saturated rings. The number of nitrogens with two attached hydrogens (primary N) is 1. The van der Waals surface area contributed by atoms with Gasteiger partial charge >= 0.3 is 5.63 Å². The van der Waals surface area contributed by atoms with Crippen LogP contribution in [0.4, 0.5) is 0 Å². The molecule has 1 aliphatic heterocycles. The highest BCUT2D eigenvalue weighted by Gasteiger charge is 2.32. The third kappa shape index (κ3) is 2.84. The Bertz CT molecular complexity index is 860. The average Bonchev–Trinajstić information content (AvgIpc) is 2.52. The maximum absolute atomic E-state index is 12.3. The van der Waals surface area contributed by atoms with E-state index in [-0.39, 0.29) is 11.5 Å². The number of benzene rings is 1. The highest BCUT2D eigenvalue weighted by Crippen LogP contribution is 2.38. The van der Waals surface area contributed by atoms with E-state index < -0.39 is 11.5 Å². The second-order valence-corrected chi connectivity index (χ2v) is 5.49. The molecule has 2 heterocycles. The average molecular weight is 308 g/mol. The molecule has 5 heteroatoms. The molecule has 23 heavy (non-hydrogen) atoms. The number of allylic oxidation sites excluding steroid dienone is 1. The van der Waals surface area contributed by atoms with Crippen LogP contribution in [0.2, 0.25) is 0 Å². The summed E-state index contributed by atoms with van der Waals surface area (Å²) in [4.78, 5) is 12.3. The molecule has 116 valence electrons. The Morgan fingerprint density at radius 2 is 2.04 bits per heavy atom. The lowest BCUT2D eigenvalue weighted by atomic mass is 9.85. The van der Waals surface area contributed by atoms with E-state index >= 15 is 0 Å². The van der Waals surface area contributed by atoms with Crippen molar-refractivity contribution in [2.24, 2.45) is 5.73 Å². The zero-order chi connectivity index (χ0) is 16.4. The summed E-state index contributed by atoms with van der Waals surface area (Å²) >= 11 is 0. The molecule has 0 spiro atoms. The SMILES string of the molecule is Cc1cc2c(c(=O)o1)[C@@H](CCc1ccccc1)C(C#N)=C(N)O2. The number of nitrogens with zero attached hydrogens (tertiary/aromatic N) is 1. The molecule has 1 aliphatic rings. The Balaban J connectivity index is 2.00. The van der Waals surface area contributed by atoms with Gasteiger partial charge in [-0.25, -0.2) is 4.79 Å². The van der Waals surface area contributed by atoms with E-state index in [4.69, 9.17) is 14.9 Å². The summed E-state index contributed by atoms with van der Waals surface area (Å²) in [6.45, 7) is 1.67. The summed E-state index contributed by atoms with van der Waals surface area (Å²) in [6, 6.07) is 13.6. The lowest BCUT2D eigenvalue weighted by Crippen LogP contribution is -2.26. The molecule has 0 radical (unpaired) electrons. The maximum Gasteiger partial charge on any atom is 0.343 e. The van der Waals surface area contributed by atoms with Gasteiger partial charge in [0.1, 0.15) is 17.6 Å². The lowest BCUT2D eigenvalue weighted by molar-refractivity contribution is 0.362. The van der Waals surface area contributed by atoms with E-state index in [2.05, 4.69) is 6.07 Å². The van der Waals surface area contributed by atoms with E-state index in [1.54, 1.807) is 13.0 Å². The summed E-state index contributed by atoms with van der Waals surface area (Å²) in [6.07, 6.45) is 1.30. The molecule has 1 atom stereocenters. The van der Waals surface area contributed by atoms with Gasteiger partial charge in [0.05, 0.1) is 11.1 Å². The van der Waals surface area contributed by atoms with E-state index in [1.165, 1.54) is 0 Å². The number of hydrogen-bond acceptors (Lipinski definition) is 5. The first-order valence-electron chi connectivity index (χ1n) is 7.36. The molecule has 0 saturated heterocycles. The zero-order valence-corrected chi connectivity index (χ0v) is 12.7. The Hall–Kier alpha value is -3.00. The smallest absolute Gasteiger partial charge is 0.343 e. The van der Waals surface area contributed by atoms with Crippen molar-refractivity contribution in [2.45, 2.75) is 25.7 Å². The Morgan fingerprint density at radius 3 is 2.74 bits per heavy atom. The van der Waals surface area contributed by atoms with Gasteiger partial charge in [-0.15, -0.1) is 0 Å². The van der Waals surface area contributed by atoms with Crippen molar-refractivity contribution >= 4 is 0 Å². The van der Waals surface area contributed by atoms with Crippen LogP contribution in [0.15, 0.2) is 57.1 Å². The number of aryl methyl sites for hydroxylation is 2. The van der Waals surface area contributed by atoms with E-state index in [1.807, 2.05) is 30.3 Å².